The molecule has 2 aromatic heterocycles. The normalized spacial score (nSPS) is 14.1. The van der Waals surface area contributed by atoms with Gasteiger partial charge in [-0.15, -0.1) is 0 Å². The summed E-state index contributed by atoms with van der Waals surface area (Å²) in [6.45, 7) is 0. The highest BCUT2D eigenvalue weighted by Gasteiger charge is 2.33. The van der Waals surface area contributed by atoms with E-state index in [0.29, 0.717) is 21.6 Å². The molecular formula is C25H28ClN5O4. The van der Waals surface area contributed by atoms with Gasteiger partial charge in [-0.3, -0.25) is 14.4 Å². The van der Waals surface area contributed by atoms with Crippen LogP contribution in [0.4, 0.5) is 11.5 Å². The Morgan fingerprint density at radius 2 is 1.83 bits per heavy atom. The Kier molecular flexibility index (Phi) is 7.37. The van der Waals surface area contributed by atoms with Gasteiger partial charge in [0.25, 0.3) is 11.8 Å². The van der Waals surface area contributed by atoms with E-state index in [1.165, 1.54) is 16.1 Å². The number of fused-ring (bicyclic) bond motifs is 1. The number of rotatable bonds is 6. The summed E-state index contributed by atoms with van der Waals surface area (Å²) >= 11 is 5.90. The van der Waals surface area contributed by atoms with Crippen LogP contribution in [-0.4, -0.2) is 48.7 Å². The number of nitrogens with zero attached hydrogens (tertiary/aromatic N) is 3. The first-order chi connectivity index (χ1) is 16.8. The molecular weight excluding hydrogens is 470 g/mol. The van der Waals surface area contributed by atoms with Crippen LogP contribution in [0.2, 0.25) is 5.02 Å². The van der Waals surface area contributed by atoms with Gasteiger partial charge in [0, 0.05) is 44.2 Å². The fourth-order valence-corrected chi connectivity index (χ4v) is 4.45. The minimum Gasteiger partial charge on any atom is -0.449 e. The lowest BCUT2D eigenvalue weighted by Gasteiger charge is -2.28. The summed E-state index contributed by atoms with van der Waals surface area (Å²) in [7, 11) is 4.94. The molecule has 2 N–H and O–H groups in total. The van der Waals surface area contributed by atoms with Crippen molar-refractivity contribution in [1.29, 1.82) is 0 Å². The first-order valence-corrected chi connectivity index (χ1v) is 11.9. The van der Waals surface area contributed by atoms with Gasteiger partial charge in [-0.25, -0.2) is 15.4 Å². The van der Waals surface area contributed by atoms with E-state index in [2.05, 4.69) is 15.7 Å². The Morgan fingerprint density at radius 1 is 1.09 bits per heavy atom. The van der Waals surface area contributed by atoms with E-state index in [0.717, 1.165) is 32.1 Å². The molecule has 1 aromatic carbocycles. The molecule has 3 amide bonds. The molecule has 0 saturated heterocycles. The number of amides is 3. The zero-order chi connectivity index (χ0) is 25.1. The standard InChI is InChI=1S/C25H28ClN5O4/c1-27-31(25(34)15-7-5-4-6-8-15)21-18-13-16(24(33)30(2)3)9-11-19(18)35-22(21)23(32)29-20-12-10-17(26)14-28-20/h9-15,27H,4-8H2,1-3H3,(H,28,29,32). The maximum atomic E-state index is 13.6. The van der Waals surface area contributed by atoms with Crippen LogP contribution in [0.25, 0.3) is 11.0 Å². The van der Waals surface area contributed by atoms with E-state index in [-0.39, 0.29) is 35.0 Å². The molecule has 0 radical (unpaired) electrons. The van der Waals surface area contributed by atoms with Crippen LogP contribution < -0.4 is 15.8 Å². The van der Waals surface area contributed by atoms with Crippen LogP contribution >= 0.6 is 11.6 Å². The summed E-state index contributed by atoms with van der Waals surface area (Å²) in [6, 6.07) is 8.08. The molecule has 1 saturated carbocycles. The Balaban J connectivity index is 1.81. The molecule has 2 heterocycles. The van der Waals surface area contributed by atoms with Crippen LogP contribution in [-0.2, 0) is 4.79 Å². The quantitative estimate of drug-likeness (QED) is 0.486. The Hall–Kier alpha value is -3.43. The van der Waals surface area contributed by atoms with Crippen LogP contribution in [0.5, 0.6) is 0 Å². The van der Waals surface area contributed by atoms with Crippen LogP contribution in [0.1, 0.15) is 53.0 Å². The van der Waals surface area contributed by atoms with Gasteiger partial charge in [0.15, 0.2) is 0 Å². The molecule has 0 atom stereocenters. The minimum absolute atomic E-state index is 0.0651. The van der Waals surface area contributed by atoms with E-state index >= 15 is 0 Å². The fraction of sp³-hybridized carbons (Fsp3) is 0.360. The molecule has 1 fully saturated rings. The third kappa shape index (κ3) is 5.16. The Labute approximate surface area is 208 Å². The van der Waals surface area contributed by atoms with Crippen molar-refractivity contribution in [3.63, 3.8) is 0 Å². The molecule has 9 nitrogen and oxygen atoms in total. The molecule has 0 bridgehead atoms. The number of carbonyl (C=O) groups excluding carboxylic acids is 3. The summed E-state index contributed by atoms with van der Waals surface area (Å²) < 4.78 is 5.95. The van der Waals surface area contributed by atoms with Gasteiger partial charge in [-0.05, 0) is 43.2 Å². The highest BCUT2D eigenvalue weighted by Crippen LogP contribution is 2.37. The average molecular weight is 498 g/mol. The molecule has 35 heavy (non-hydrogen) atoms. The largest absolute Gasteiger partial charge is 0.449 e. The average Bonchev–Trinajstić information content (AvgIpc) is 3.24. The number of carbonyl (C=O) groups is 3. The Bertz CT molecular complexity index is 1250. The molecule has 3 aromatic rings. The molecule has 0 unspecified atom stereocenters. The summed E-state index contributed by atoms with van der Waals surface area (Å²) in [5, 5.41) is 4.98. The zero-order valence-electron chi connectivity index (χ0n) is 19.9. The van der Waals surface area contributed by atoms with Gasteiger partial charge in [-0.2, -0.15) is 0 Å². The second-order valence-electron chi connectivity index (χ2n) is 8.74. The van der Waals surface area contributed by atoms with Gasteiger partial charge in [-0.1, -0.05) is 30.9 Å². The van der Waals surface area contributed by atoms with Crippen molar-refractivity contribution in [2.75, 3.05) is 31.5 Å². The molecule has 4 rings (SSSR count). The van der Waals surface area contributed by atoms with E-state index < -0.39 is 5.91 Å². The zero-order valence-corrected chi connectivity index (χ0v) is 20.7. The first kappa shape index (κ1) is 24.7. The van der Waals surface area contributed by atoms with Crippen LogP contribution in [0.15, 0.2) is 40.9 Å². The maximum absolute atomic E-state index is 13.6. The fourth-order valence-electron chi connectivity index (χ4n) is 4.34. The molecule has 0 aliphatic heterocycles. The van der Waals surface area contributed by atoms with Crippen LogP contribution in [0.3, 0.4) is 0 Å². The van der Waals surface area contributed by atoms with Crippen molar-refractivity contribution < 1.29 is 18.8 Å². The molecule has 1 aliphatic rings. The third-order valence-corrected chi connectivity index (χ3v) is 6.34. The topological polar surface area (TPSA) is 108 Å². The number of pyridine rings is 1. The second kappa shape index (κ2) is 10.5. The SMILES string of the molecule is CNN(C(=O)C1CCCCC1)c1c(C(=O)Nc2ccc(Cl)cn2)oc2ccc(C(=O)N(C)C)cc12. The second-order valence-corrected chi connectivity index (χ2v) is 9.17. The molecule has 184 valence electrons. The lowest BCUT2D eigenvalue weighted by Crippen LogP contribution is -2.45. The molecule has 0 spiro atoms. The number of nitrogens with one attached hydrogen (secondary N) is 2. The van der Waals surface area contributed by atoms with Gasteiger partial charge in [0.2, 0.25) is 11.7 Å². The summed E-state index contributed by atoms with van der Waals surface area (Å²) in [4.78, 5) is 45.1. The van der Waals surface area contributed by atoms with Gasteiger partial charge < -0.3 is 14.6 Å². The smallest absolute Gasteiger partial charge is 0.294 e. The number of benzene rings is 1. The summed E-state index contributed by atoms with van der Waals surface area (Å²) in [5.74, 6) is -0.874. The number of aromatic nitrogens is 1. The van der Waals surface area contributed by atoms with Crippen molar-refractivity contribution in [3.05, 3.63) is 52.9 Å². The number of halogens is 1. The van der Waals surface area contributed by atoms with E-state index in [9.17, 15) is 14.4 Å². The highest BCUT2D eigenvalue weighted by molar-refractivity contribution is 6.30. The summed E-state index contributed by atoms with van der Waals surface area (Å²) in [5.41, 5.74) is 4.00. The summed E-state index contributed by atoms with van der Waals surface area (Å²) in [6.07, 6.45) is 6.06. The lowest BCUT2D eigenvalue weighted by molar-refractivity contribution is -0.123. The van der Waals surface area contributed by atoms with Crippen molar-refractivity contribution in [3.8, 4) is 0 Å². The maximum Gasteiger partial charge on any atom is 0.294 e. The molecule has 10 heteroatoms. The monoisotopic (exact) mass is 497 g/mol. The van der Waals surface area contributed by atoms with Crippen molar-refractivity contribution in [1.82, 2.24) is 15.3 Å². The number of hydrogen-bond acceptors (Lipinski definition) is 6. The number of anilines is 2. The van der Waals surface area contributed by atoms with Gasteiger partial charge in [0.05, 0.1) is 5.02 Å². The lowest BCUT2D eigenvalue weighted by atomic mass is 9.88. The van der Waals surface area contributed by atoms with E-state index in [1.807, 2.05) is 0 Å². The highest BCUT2D eigenvalue weighted by atomic mass is 35.5. The predicted molar refractivity (Wildman–Crippen MR) is 135 cm³/mol. The Morgan fingerprint density at radius 3 is 2.46 bits per heavy atom. The number of furan rings is 1. The predicted octanol–water partition coefficient (Wildman–Crippen LogP) is 4.48. The number of hydrazine groups is 1. The van der Waals surface area contributed by atoms with E-state index in [1.54, 1.807) is 51.5 Å². The minimum atomic E-state index is -0.580. The van der Waals surface area contributed by atoms with Crippen LogP contribution in [0, 0.1) is 5.92 Å². The molecule has 1 aliphatic carbocycles. The van der Waals surface area contributed by atoms with Crippen molar-refractivity contribution >= 4 is 51.8 Å². The number of hydrogen-bond donors (Lipinski definition) is 2. The van der Waals surface area contributed by atoms with E-state index in [4.69, 9.17) is 16.0 Å². The van der Waals surface area contributed by atoms with Crippen molar-refractivity contribution in [2.45, 2.75) is 32.1 Å². The van der Waals surface area contributed by atoms with Crippen molar-refractivity contribution in [2.24, 2.45) is 5.92 Å². The third-order valence-electron chi connectivity index (χ3n) is 6.11. The van der Waals surface area contributed by atoms with Gasteiger partial charge >= 0.3 is 0 Å². The first-order valence-electron chi connectivity index (χ1n) is 11.5. The van der Waals surface area contributed by atoms with Gasteiger partial charge in [0.1, 0.15) is 17.1 Å².